The fourth-order valence-electron chi connectivity index (χ4n) is 1.87. The first kappa shape index (κ1) is 13.0. The van der Waals surface area contributed by atoms with Crippen molar-refractivity contribution in [1.29, 1.82) is 0 Å². The van der Waals surface area contributed by atoms with Gasteiger partial charge >= 0.3 is 0 Å². The smallest absolute Gasteiger partial charge is 0.00158 e. The van der Waals surface area contributed by atoms with Crippen molar-refractivity contribution in [3.8, 4) is 0 Å². The maximum Gasteiger partial charge on any atom is -0.00158 e. The molecule has 0 amide bonds. The van der Waals surface area contributed by atoms with Gasteiger partial charge in [0.05, 0.1) is 0 Å². The van der Waals surface area contributed by atoms with Gasteiger partial charge in [0.25, 0.3) is 0 Å². The van der Waals surface area contributed by atoms with E-state index in [1.165, 1.54) is 30.5 Å². The van der Waals surface area contributed by atoms with Crippen LogP contribution in [0.2, 0.25) is 0 Å². The Bertz CT molecular complexity index is 296. The second kappa shape index (κ2) is 7.24. The van der Waals surface area contributed by atoms with Gasteiger partial charge in [-0.2, -0.15) is 0 Å². The van der Waals surface area contributed by atoms with Crippen LogP contribution in [0.25, 0.3) is 6.08 Å². The van der Waals surface area contributed by atoms with Crippen molar-refractivity contribution in [2.75, 3.05) is 19.6 Å². The van der Waals surface area contributed by atoms with Crippen LogP contribution in [-0.4, -0.2) is 24.5 Å². The van der Waals surface area contributed by atoms with Crippen LogP contribution in [-0.2, 0) is 6.42 Å². The molecule has 0 radical (unpaired) electrons. The molecule has 1 aromatic carbocycles. The van der Waals surface area contributed by atoms with Crippen LogP contribution < -0.4 is 0 Å². The molecule has 16 heavy (non-hydrogen) atoms. The second-order valence-corrected chi connectivity index (χ2v) is 4.08. The summed E-state index contributed by atoms with van der Waals surface area (Å²) in [6.07, 6.45) is 4.31. The summed E-state index contributed by atoms with van der Waals surface area (Å²) in [5, 5.41) is 0. The number of benzene rings is 1. The van der Waals surface area contributed by atoms with E-state index in [1.54, 1.807) is 0 Å². The first-order valence-corrected chi connectivity index (χ1v) is 6.23. The molecule has 0 aliphatic rings. The zero-order valence-corrected chi connectivity index (χ0v) is 10.6. The quantitative estimate of drug-likeness (QED) is 0.674. The van der Waals surface area contributed by atoms with Gasteiger partial charge in [-0.25, -0.2) is 0 Å². The number of hydrogen-bond donors (Lipinski definition) is 0. The van der Waals surface area contributed by atoms with Gasteiger partial charge in [-0.05, 0) is 43.6 Å². The van der Waals surface area contributed by atoms with Crippen LogP contribution in [0.5, 0.6) is 0 Å². The van der Waals surface area contributed by atoms with Crippen LogP contribution in [0.4, 0.5) is 0 Å². The molecule has 88 valence electrons. The topological polar surface area (TPSA) is 3.24 Å². The zero-order valence-electron chi connectivity index (χ0n) is 10.6. The first-order chi connectivity index (χ1) is 7.80. The monoisotopic (exact) mass is 217 g/mol. The van der Waals surface area contributed by atoms with E-state index in [-0.39, 0.29) is 0 Å². The molecule has 0 aliphatic heterocycles. The van der Waals surface area contributed by atoms with E-state index in [2.05, 4.69) is 49.6 Å². The average molecular weight is 217 g/mol. The molecule has 0 N–H and O–H groups in total. The highest BCUT2D eigenvalue weighted by Crippen LogP contribution is 2.08. The van der Waals surface area contributed by atoms with E-state index >= 15 is 0 Å². The SMILES string of the molecule is C=Cc1ccc(CCCN(CC)CC)cc1. The van der Waals surface area contributed by atoms with E-state index in [9.17, 15) is 0 Å². The van der Waals surface area contributed by atoms with Gasteiger partial charge in [0, 0.05) is 0 Å². The van der Waals surface area contributed by atoms with Gasteiger partial charge in [-0.1, -0.05) is 50.8 Å². The third-order valence-corrected chi connectivity index (χ3v) is 3.05. The maximum absolute atomic E-state index is 3.76. The second-order valence-electron chi connectivity index (χ2n) is 4.08. The summed E-state index contributed by atoms with van der Waals surface area (Å²) < 4.78 is 0. The van der Waals surface area contributed by atoms with E-state index in [0.29, 0.717) is 0 Å². The molecule has 0 fully saturated rings. The van der Waals surface area contributed by atoms with Crippen LogP contribution >= 0.6 is 0 Å². The van der Waals surface area contributed by atoms with Crippen LogP contribution in [0.3, 0.4) is 0 Å². The molecule has 0 atom stereocenters. The lowest BCUT2D eigenvalue weighted by Gasteiger charge is -2.17. The highest BCUT2D eigenvalue weighted by atomic mass is 15.1. The Kier molecular flexibility index (Phi) is 5.87. The lowest BCUT2D eigenvalue weighted by molar-refractivity contribution is 0.300. The normalized spacial score (nSPS) is 10.7. The van der Waals surface area contributed by atoms with Crippen molar-refractivity contribution in [1.82, 2.24) is 4.90 Å². The van der Waals surface area contributed by atoms with Gasteiger partial charge in [0.15, 0.2) is 0 Å². The molecule has 0 bridgehead atoms. The van der Waals surface area contributed by atoms with E-state index in [0.717, 1.165) is 13.1 Å². The zero-order chi connectivity index (χ0) is 11.8. The summed E-state index contributed by atoms with van der Waals surface area (Å²) in [7, 11) is 0. The summed E-state index contributed by atoms with van der Waals surface area (Å²) >= 11 is 0. The molecule has 1 aromatic rings. The van der Waals surface area contributed by atoms with E-state index in [1.807, 2.05) is 6.08 Å². The Balaban J connectivity index is 2.34. The van der Waals surface area contributed by atoms with Crippen LogP contribution in [0.1, 0.15) is 31.4 Å². The third-order valence-electron chi connectivity index (χ3n) is 3.05. The fourth-order valence-corrected chi connectivity index (χ4v) is 1.87. The minimum atomic E-state index is 1.16. The summed E-state index contributed by atoms with van der Waals surface area (Å²) in [5.41, 5.74) is 2.63. The van der Waals surface area contributed by atoms with Crippen molar-refractivity contribution >= 4 is 6.08 Å². The molecule has 0 aromatic heterocycles. The molecule has 0 spiro atoms. The number of aryl methyl sites for hydroxylation is 1. The van der Waals surface area contributed by atoms with Gasteiger partial charge in [-0.3, -0.25) is 0 Å². The molecular formula is C15H23N. The standard InChI is InChI=1S/C15H23N/c1-4-14-9-11-15(12-10-14)8-7-13-16(5-2)6-3/h4,9-12H,1,5-8,13H2,2-3H3. The first-order valence-electron chi connectivity index (χ1n) is 6.23. The summed E-state index contributed by atoms with van der Waals surface area (Å²) in [6, 6.07) is 8.69. The predicted octanol–water partition coefficient (Wildman–Crippen LogP) is 3.60. The third kappa shape index (κ3) is 4.19. The van der Waals surface area contributed by atoms with Crippen molar-refractivity contribution in [2.24, 2.45) is 0 Å². The average Bonchev–Trinajstić information content (AvgIpc) is 2.35. The highest BCUT2D eigenvalue weighted by molar-refractivity contribution is 5.47. The van der Waals surface area contributed by atoms with Crippen molar-refractivity contribution in [3.05, 3.63) is 42.0 Å². The number of hydrogen-bond acceptors (Lipinski definition) is 1. The molecule has 0 saturated heterocycles. The minimum Gasteiger partial charge on any atom is -0.304 e. The lowest BCUT2D eigenvalue weighted by Crippen LogP contribution is -2.24. The molecule has 1 heteroatoms. The molecular weight excluding hydrogens is 194 g/mol. The molecule has 1 rings (SSSR count). The molecule has 0 unspecified atom stereocenters. The summed E-state index contributed by atoms with van der Waals surface area (Å²) in [6.45, 7) is 11.7. The summed E-state index contributed by atoms with van der Waals surface area (Å²) in [5.74, 6) is 0. The Hall–Kier alpha value is -1.08. The lowest BCUT2D eigenvalue weighted by atomic mass is 10.1. The fraction of sp³-hybridized carbons (Fsp3) is 0.467. The number of rotatable bonds is 7. The Morgan fingerprint density at radius 1 is 1.12 bits per heavy atom. The Morgan fingerprint density at radius 2 is 1.75 bits per heavy atom. The van der Waals surface area contributed by atoms with Gasteiger partial charge in [0.2, 0.25) is 0 Å². The Morgan fingerprint density at radius 3 is 2.25 bits per heavy atom. The maximum atomic E-state index is 3.76. The molecule has 0 saturated carbocycles. The van der Waals surface area contributed by atoms with Crippen molar-refractivity contribution < 1.29 is 0 Å². The van der Waals surface area contributed by atoms with Gasteiger partial charge in [0.1, 0.15) is 0 Å². The highest BCUT2D eigenvalue weighted by Gasteiger charge is 1.99. The van der Waals surface area contributed by atoms with E-state index < -0.39 is 0 Å². The van der Waals surface area contributed by atoms with Crippen LogP contribution in [0, 0.1) is 0 Å². The Labute approximate surface area is 99.8 Å². The molecule has 0 heterocycles. The molecule has 1 nitrogen and oxygen atoms in total. The number of nitrogens with zero attached hydrogens (tertiary/aromatic N) is 1. The van der Waals surface area contributed by atoms with Gasteiger partial charge < -0.3 is 4.90 Å². The predicted molar refractivity (Wildman–Crippen MR) is 72.6 cm³/mol. The van der Waals surface area contributed by atoms with Gasteiger partial charge in [-0.15, -0.1) is 0 Å². The summed E-state index contributed by atoms with van der Waals surface area (Å²) in [4.78, 5) is 2.47. The molecule has 0 aliphatic carbocycles. The van der Waals surface area contributed by atoms with E-state index in [4.69, 9.17) is 0 Å². The van der Waals surface area contributed by atoms with Crippen molar-refractivity contribution in [2.45, 2.75) is 26.7 Å². The van der Waals surface area contributed by atoms with Crippen molar-refractivity contribution in [3.63, 3.8) is 0 Å². The van der Waals surface area contributed by atoms with Crippen LogP contribution in [0.15, 0.2) is 30.8 Å². The largest absolute Gasteiger partial charge is 0.304 e. The minimum absolute atomic E-state index is 1.16.